The average molecular weight is 303 g/mol. The summed E-state index contributed by atoms with van der Waals surface area (Å²) in [6.07, 6.45) is 1.40. The van der Waals surface area contributed by atoms with Crippen LogP contribution >= 0.6 is 0 Å². The molecule has 4 nitrogen and oxygen atoms in total. The van der Waals surface area contributed by atoms with Crippen molar-refractivity contribution in [1.29, 1.82) is 0 Å². The highest BCUT2D eigenvalue weighted by Gasteiger charge is 2.10. The zero-order valence-electron chi connectivity index (χ0n) is 12.0. The predicted octanol–water partition coefficient (Wildman–Crippen LogP) is 2.58. The van der Waals surface area contributed by atoms with Crippen LogP contribution in [0.5, 0.6) is 0 Å². The van der Waals surface area contributed by atoms with Crippen LogP contribution in [0.1, 0.15) is 11.1 Å². The Hall–Kier alpha value is -2.14. The molecule has 2 rings (SSSR count). The monoisotopic (exact) mass is 303 g/mol. The Morgan fingerprint density at radius 1 is 1.10 bits per heavy atom. The van der Waals surface area contributed by atoms with Crippen LogP contribution in [0, 0.1) is 6.92 Å². The van der Waals surface area contributed by atoms with Gasteiger partial charge in [-0.1, -0.05) is 30.3 Å². The lowest BCUT2D eigenvalue weighted by Crippen LogP contribution is -2.15. The van der Waals surface area contributed by atoms with Crippen molar-refractivity contribution < 1.29 is 13.2 Å². The van der Waals surface area contributed by atoms with Gasteiger partial charge in [-0.15, -0.1) is 0 Å². The molecule has 21 heavy (non-hydrogen) atoms. The molecule has 0 aliphatic rings. The van der Waals surface area contributed by atoms with Gasteiger partial charge in [0.05, 0.1) is 11.3 Å². The summed E-state index contributed by atoms with van der Waals surface area (Å²) in [5.41, 5.74) is 2.49. The maximum absolute atomic E-state index is 12.0. The molecule has 5 heteroatoms. The number of carbonyl (C=O) groups excluding carboxylic acids is 1. The zero-order chi connectivity index (χ0) is 15.5. The molecule has 0 atom stereocenters. The highest BCUT2D eigenvalue weighted by Crippen LogP contribution is 2.16. The fourth-order valence-electron chi connectivity index (χ4n) is 1.99. The molecule has 0 aromatic heterocycles. The molecule has 0 unspecified atom stereocenters. The van der Waals surface area contributed by atoms with Gasteiger partial charge in [-0.25, -0.2) is 8.42 Å². The number of anilines is 1. The van der Waals surface area contributed by atoms with Gasteiger partial charge in [-0.3, -0.25) is 4.79 Å². The van der Waals surface area contributed by atoms with Gasteiger partial charge in [0.1, 0.15) is 0 Å². The number of rotatable bonds is 4. The van der Waals surface area contributed by atoms with Crippen molar-refractivity contribution in [3.63, 3.8) is 0 Å². The molecule has 0 aliphatic heterocycles. The molecule has 1 amide bonds. The standard InChI is InChI=1S/C16H17NO3S/c1-12-6-3-4-7-13(12)10-16(18)17-14-8-5-9-15(11-14)21(2,19)20/h3-9,11H,10H2,1-2H3,(H,17,18). The lowest BCUT2D eigenvalue weighted by atomic mass is 10.1. The van der Waals surface area contributed by atoms with Crippen molar-refractivity contribution in [2.45, 2.75) is 18.2 Å². The van der Waals surface area contributed by atoms with Crippen molar-refractivity contribution in [3.05, 3.63) is 59.7 Å². The number of hydrogen-bond acceptors (Lipinski definition) is 3. The summed E-state index contributed by atoms with van der Waals surface area (Å²) in [6.45, 7) is 1.95. The number of benzene rings is 2. The third kappa shape index (κ3) is 4.16. The van der Waals surface area contributed by atoms with Crippen molar-refractivity contribution in [2.24, 2.45) is 0 Å². The molecule has 0 fully saturated rings. The summed E-state index contributed by atoms with van der Waals surface area (Å²) in [6, 6.07) is 13.9. The Kier molecular flexibility index (Phi) is 4.43. The van der Waals surface area contributed by atoms with Gasteiger partial charge in [0.2, 0.25) is 5.91 Å². The Morgan fingerprint density at radius 2 is 1.81 bits per heavy atom. The van der Waals surface area contributed by atoms with Gasteiger partial charge in [0, 0.05) is 11.9 Å². The minimum Gasteiger partial charge on any atom is -0.326 e. The van der Waals surface area contributed by atoms with E-state index in [2.05, 4.69) is 5.32 Å². The van der Waals surface area contributed by atoms with E-state index >= 15 is 0 Å². The zero-order valence-corrected chi connectivity index (χ0v) is 12.8. The van der Waals surface area contributed by atoms with E-state index in [1.807, 2.05) is 31.2 Å². The van der Waals surface area contributed by atoms with Crippen LogP contribution in [-0.2, 0) is 21.1 Å². The van der Waals surface area contributed by atoms with Crippen LogP contribution in [0.4, 0.5) is 5.69 Å². The second-order valence-corrected chi connectivity index (χ2v) is 6.97. The smallest absolute Gasteiger partial charge is 0.228 e. The highest BCUT2D eigenvalue weighted by atomic mass is 32.2. The number of nitrogens with one attached hydrogen (secondary N) is 1. The minimum atomic E-state index is -3.28. The lowest BCUT2D eigenvalue weighted by molar-refractivity contribution is -0.115. The molecule has 0 heterocycles. The molecule has 2 aromatic carbocycles. The van der Waals surface area contributed by atoms with E-state index in [-0.39, 0.29) is 17.2 Å². The van der Waals surface area contributed by atoms with Crippen LogP contribution in [-0.4, -0.2) is 20.6 Å². The third-order valence-electron chi connectivity index (χ3n) is 3.16. The summed E-state index contributed by atoms with van der Waals surface area (Å²) in [4.78, 5) is 12.2. The predicted molar refractivity (Wildman–Crippen MR) is 83.1 cm³/mol. The van der Waals surface area contributed by atoms with Gasteiger partial charge in [0.25, 0.3) is 0 Å². The minimum absolute atomic E-state index is 0.171. The van der Waals surface area contributed by atoms with Crippen molar-refractivity contribution in [2.75, 3.05) is 11.6 Å². The molecule has 0 spiro atoms. The molecule has 110 valence electrons. The maximum atomic E-state index is 12.0. The molecular formula is C16H17NO3S. The number of hydrogen-bond donors (Lipinski definition) is 1. The number of carbonyl (C=O) groups is 1. The SMILES string of the molecule is Cc1ccccc1CC(=O)Nc1cccc(S(C)(=O)=O)c1. The first-order chi connectivity index (χ1) is 9.86. The first kappa shape index (κ1) is 15.3. The van der Waals surface area contributed by atoms with E-state index in [4.69, 9.17) is 0 Å². The van der Waals surface area contributed by atoms with Crippen molar-refractivity contribution in [3.8, 4) is 0 Å². The number of amides is 1. The van der Waals surface area contributed by atoms with E-state index < -0.39 is 9.84 Å². The molecule has 0 saturated carbocycles. The Bertz CT molecular complexity index is 767. The van der Waals surface area contributed by atoms with Gasteiger partial charge in [-0.2, -0.15) is 0 Å². The second-order valence-electron chi connectivity index (χ2n) is 4.95. The summed E-state index contributed by atoms with van der Waals surface area (Å²) in [7, 11) is -3.28. The summed E-state index contributed by atoms with van der Waals surface area (Å²) >= 11 is 0. The molecule has 0 aliphatic carbocycles. The van der Waals surface area contributed by atoms with Crippen molar-refractivity contribution in [1.82, 2.24) is 0 Å². The quantitative estimate of drug-likeness (QED) is 0.944. The topological polar surface area (TPSA) is 63.2 Å². The van der Waals surface area contributed by atoms with Crippen LogP contribution in [0.25, 0.3) is 0 Å². The summed E-state index contributed by atoms with van der Waals surface area (Å²) < 4.78 is 23.0. The van der Waals surface area contributed by atoms with Gasteiger partial charge >= 0.3 is 0 Å². The molecule has 1 N–H and O–H groups in total. The normalized spacial score (nSPS) is 11.1. The Labute approximate surface area is 124 Å². The molecule has 0 bridgehead atoms. The molecular weight excluding hydrogens is 286 g/mol. The highest BCUT2D eigenvalue weighted by molar-refractivity contribution is 7.90. The van der Waals surface area contributed by atoms with E-state index in [1.165, 1.54) is 12.1 Å². The van der Waals surface area contributed by atoms with Crippen LogP contribution in [0.2, 0.25) is 0 Å². The fraction of sp³-hybridized carbons (Fsp3) is 0.188. The van der Waals surface area contributed by atoms with E-state index in [1.54, 1.807) is 12.1 Å². The number of aryl methyl sites for hydroxylation is 1. The first-order valence-corrected chi connectivity index (χ1v) is 8.40. The Balaban J connectivity index is 2.12. The van der Waals surface area contributed by atoms with E-state index in [9.17, 15) is 13.2 Å². The second kappa shape index (κ2) is 6.10. The van der Waals surface area contributed by atoms with Crippen LogP contribution in [0.3, 0.4) is 0 Å². The van der Waals surface area contributed by atoms with E-state index in [0.29, 0.717) is 5.69 Å². The van der Waals surface area contributed by atoms with E-state index in [0.717, 1.165) is 17.4 Å². The molecule has 0 radical (unpaired) electrons. The fourth-order valence-corrected chi connectivity index (χ4v) is 2.66. The summed E-state index contributed by atoms with van der Waals surface area (Å²) in [5.74, 6) is -0.171. The summed E-state index contributed by atoms with van der Waals surface area (Å²) in [5, 5.41) is 2.73. The average Bonchev–Trinajstić information content (AvgIpc) is 2.41. The third-order valence-corrected chi connectivity index (χ3v) is 4.27. The van der Waals surface area contributed by atoms with Crippen molar-refractivity contribution >= 4 is 21.4 Å². The lowest BCUT2D eigenvalue weighted by Gasteiger charge is -2.08. The van der Waals surface area contributed by atoms with Crippen LogP contribution in [0.15, 0.2) is 53.4 Å². The van der Waals surface area contributed by atoms with Gasteiger partial charge in [0.15, 0.2) is 9.84 Å². The largest absolute Gasteiger partial charge is 0.326 e. The van der Waals surface area contributed by atoms with Gasteiger partial charge in [-0.05, 0) is 36.2 Å². The Morgan fingerprint density at radius 3 is 2.48 bits per heavy atom. The van der Waals surface area contributed by atoms with Crippen LogP contribution < -0.4 is 5.32 Å². The first-order valence-electron chi connectivity index (χ1n) is 6.51. The van der Waals surface area contributed by atoms with Gasteiger partial charge < -0.3 is 5.32 Å². The molecule has 0 saturated heterocycles. The molecule has 2 aromatic rings. The number of sulfone groups is 1. The maximum Gasteiger partial charge on any atom is 0.228 e.